The fourth-order valence-corrected chi connectivity index (χ4v) is 9.17. The molecule has 16 nitrogen and oxygen atoms in total. The van der Waals surface area contributed by atoms with Gasteiger partial charge in [-0.05, 0) is 73.3 Å². The number of aromatic nitrogens is 3. The summed E-state index contributed by atoms with van der Waals surface area (Å²) in [5, 5.41) is 17.7. The highest BCUT2D eigenvalue weighted by molar-refractivity contribution is 7.52. The smallest absolute Gasteiger partial charge is 0.459 e. The Balaban J connectivity index is 1.28. The van der Waals surface area contributed by atoms with E-state index in [1.807, 2.05) is 32.9 Å². The Morgan fingerprint density at radius 1 is 1.07 bits per heavy atom. The Morgan fingerprint density at radius 3 is 2.35 bits per heavy atom. The summed E-state index contributed by atoms with van der Waals surface area (Å²) in [7, 11) is -4.49. The highest BCUT2D eigenvalue weighted by Crippen LogP contribution is 2.54. The molecule has 2 saturated carbocycles. The molecule has 1 aromatic carbocycles. The standard InChI is InChI=1S/C37H47N6O10P/c1-22(34(46)51-27-17-36(18-27)15-7-8-16-36)42-54(47,53-26-11-9-25(10-12-26)35(4,5)6)48-19-29-31(49-23(2)44)32(50-24(3)45)37(20-38,52-29)30-14-13-28-33(39)40-21-41-43(28)30/h9-14,21-22,27,29,31-32H,7-8,15-19H2,1-6H3,(H,42,47)(H2,39,40,41)/t22-,29+,31+,32+,37-,54?/m0/s1. The summed E-state index contributed by atoms with van der Waals surface area (Å²) in [4.78, 5) is 42.2. The van der Waals surface area contributed by atoms with Crippen LogP contribution in [0.3, 0.4) is 0 Å². The van der Waals surface area contributed by atoms with Crippen molar-refractivity contribution in [1.82, 2.24) is 19.7 Å². The third kappa shape index (κ3) is 7.95. The van der Waals surface area contributed by atoms with Crippen molar-refractivity contribution in [3.05, 3.63) is 54.0 Å². The second kappa shape index (κ2) is 14.9. The van der Waals surface area contributed by atoms with Crippen molar-refractivity contribution >= 4 is 37.0 Å². The molecule has 290 valence electrons. The highest BCUT2D eigenvalue weighted by atomic mass is 31.2. The highest BCUT2D eigenvalue weighted by Gasteiger charge is 2.62. The molecule has 0 bridgehead atoms. The molecule has 3 N–H and O–H groups in total. The van der Waals surface area contributed by atoms with Crippen molar-refractivity contribution in [3.8, 4) is 11.8 Å². The van der Waals surface area contributed by atoms with Gasteiger partial charge in [-0.2, -0.15) is 15.4 Å². The predicted octanol–water partition coefficient (Wildman–Crippen LogP) is 5.04. The van der Waals surface area contributed by atoms with Crippen molar-refractivity contribution in [1.29, 1.82) is 5.26 Å². The van der Waals surface area contributed by atoms with Gasteiger partial charge in [0.2, 0.25) is 5.60 Å². The summed E-state index contributed by atoms with van der Waals surface area (Å²) in [5.74, 6) is -1.94. The van der Waals surface area contributed by atoms with Crippen LogP contribution in [-0.2, 0) is 53.4 Å². The summed E-state index contributed by atoms with van der Waals surface area (Å²) in [6, 6.07) is 10.9. The number of nitrogens with zero attached hydrogens (tertiary/aromatic N) is 4. The average molecular weight is 767 g/mol. The van der Waals surface area contributed by atoms with E-state index in [1.165, 1.54) is 36.7 Å². The lowest BCUT2D eigenvalue weighted by molar-refractivity contribution is -0.166. The van der Waals surface area contributed by atoms with Gasteiger partial charge < -0.3 is 29.2 Å². The van der Waals surface area contributed by atoms with Gasteiger partial charge in [0, 0.05) is 13.8 Å². The van der Waals surface area contributed by atoms with E-state index in [9.17, 15) is 24.2 Å². The fraction of sp³-hybridized carbons (Fsp3) is 0.568. The number of carbonyl (C=O) groups is 3. The van der Waals surface area contributed by atoms with Crippen molar-refractivity contribution in [2.75, 3.05) is 12.3 Å². The SMILES string of the molecule is CC(=O)O[C@H]1[C@@H](OC(C)=O)[C@](C#N)(c2ccc3c(N)ncnn23)O[C@@H]1COP(=O)(N[C@@H](C)C(=O)OC1CC2(CCCC2)C1)Oc1ccc(C(C)(C)C)cc1. The number of carbonyl (C=O) groups excluding carboxylic acids is 3. The number of esters is 3. The number of hydrogen-bond donors (Lipinski definition) is 2. The van der Waals surface area contributed by atoms with Crippen LogP contribution in [0.2, 0.25) is 0 Å². The molecule has 3 fully saturated rings. The number of fused-ring (bicyclic) bond motifs is 1. The van der Waals surface area contributed by atoms with Crippen LogP contribution in [0.1, 0.15) is 91.3 Å². The first-order valence-electron chi connectivity index (χ1n) is 18.0. The normalized spacial score (nSPS) is 25.3. The molecular formula is C37H47N6O10P. The largest absolute Gasteiger partial charge is 0.461 e. The first-order chi connectivity index (χ1) is 25.5. The van der Waals surface area contributed by atoms with E-state index in [4.69, 9.17) is 33.7 Å². The Hall–Kier alpha value is -4.55. The lowest BCUT2D eigenvalue weighted by atomic mass is 9.65. The number of nitriles is 1. The van der Waals surface area contributed by atoms with Gasteiger partial charge in [-0.1, -0.05) is 45.7 Å². The molecule has 1 unspecified atom stereocenters. The molecule has 1 aliphatic heterocycles. The van der Waals surface area contributed by atoms with Crippen LogP contribution in [0.25, 0.3) is 5.52 Å². The molecule has 0 amide bonds. The summed E-state index contributed by atoms with van der Waals surface area (Å²) in [6.45, 7) is 9.27. The van der Waals surface area contributed by atoms with Crippen molar-refractivity contribution < 1.29 is 46.9 Å². The number of rotatable bonds is 12. The van der Waals surface area contributed by atoms with Crippen LogP contribution >= 0.6 is 7.75 Å². The van der Waals surface area contributed by atoms with Crippen LogP contribution in [0.5, 0.6) is 5.75 Å². The van der Waals surface area contributed by atoms with Gasteiger partial charge in [0.25, 0.3) is 0 Å². The first kappa shape index (κ1) is 39.2. The van der Waals surface area contributed by atoms with E-state index in [0.717, 1.165) is 45.1 Å². The van der Waals surface area contributed by atoms with E-state index in [-0.39, 0.29) is 34.2 Å². The van der Waals surface area contributed by atoms with Gasteiger partial charge in [-0.15, -0.1) is 0 Å². The van der Waals surface area contributed by atoms with E-state index in [1.54, 1.807) is 18.2 Å². The van der Waals surface area contributed by atoms with Crippen LogP contribution in [0.15, 0.2) is 42.7 Å². The van der Waals surface area contributed by atoms with Gasteiger partial charge >= 0.3 is 25.7 Å². The molecule has 1 saturated heterocycles. The van der Waals surface area contributed by atoms with Crippen molar-refractivity contribution in [2.45, 2.75) is 122 Å². The van der Waals surface area contributed by atoms with E-state index in [2.05, 4.69) is 21.2 Å². The second-order valence-electron chi connectivity index (χ2n) is 15.5. The first-order valence-corrected chi connectivity index (χ1v) is 19.6. The molecule has 3 heterocycles. The lowest BCUT2D eigenvalue weighted by Gasteiger charge is -2.44. The number of nitrogens with one attached hydrogen (secondary N) is 1. The summed E-state index contributed by atoms with van der Waals surface area (Å²) >= 11 is 0. The Morgan fingerprint density at radius 2 is 1.74 bits per heavy atom. The third-order valence-corrected chi connectivity index (χ3v) is 12.0. The fourth-order valence-electron chi connectivity index (χ4n) is 7.67. The van der Waals surface area contributed by atoms with Gasteiger partial charge in [-0.3, -0.25) is 18.9 Å². The van der Waals surface area contributed by atoms with E-state index < -0.39 is 62.2 Å². The Bertz CT molecular complexity index is 1980. The molecular weight excluding hydrogens is 719 g/mol. The molecule has 54 heavy (non-hydrogen) atoms. The molecule has 3 aliphatic rings. The predicted molar refractivity (Wildman–Crippen MR) is 193 cm³/mol. The lowest BCUT2D eigenvalue weighted by Crippen LogP contribution is -2.46. The monoisotopic (exact) mass is 766 g/mol. The molecule has 6 rings (SSSR count). The van der Waals surface area contributed by atoms with Crippen LogP contribution in [0, 0.1) is 16.7 Å². The van der Waals surface area contributed by atoms with Crippen LogP contribution in [0.4, 0.5) is 5.82 Å². The number of benzene rings is 1. The number of ether oxygens (including phenoxy) is 4. The van der Waals surface area contributed by atoms with E-state index in [0.29, 0.717) is 5.52 Å². The number of anilines is 1. The molecule has 3 aromatic rings. The van der Waals surface area contributed by atoms with Gasteiger partial charge in [-0.25, -0.2) is 14.1 Å². The van der Waals surface area contributed by atoms with Gasteiger partial charge in [0.1, 0.15) is 41.9 Å². The average Bonchev–Trinajstić information content (AvgIpc) is 3.81. The van der Waals surface area contributed by atoms with Crippen molar-refractivity contribution in [2.24, 2.45) is 5.41 Å². The second-order valence-corrected chi connectivity index (χ2v) is 17.1. The molecule has 6 atom stereocenters. The topological polar surface area (TPSA) is 216 Å². The van der Waals surface area contributed by atoms with Gasteiger partial charge in [0.05, 0.1) is 12.3 Å². The number of hydrogen-bond acceptors (Lipinski definition) is 14. The van der Waals surface area contributed by atoms with E-state index >= 15 is 0 Å². The molecule has 17 heteroatoms. The summed E-state index contributed by atoms with van der Waals surface area (Å²) in [5.41, 5.74) is 5.40. The van der Waals surface area contributed by atoms with Crippen molar-refractivity contribution in [3.63, 3.8) is 0 Å². The Labute approximate surface area is 313 Å². The molecule has 0 radical (unpaired) electrons. The Kier molecular flexibility index (Phi) is 10.8. The minimum Gasteiger partial charge on any atom is -0.461 e. The third-order valence-electron chi connectivity index (χ3n) is 10.4. The quantitative estimate of drug-likeness (QED) is 0.140. The van der Waals surface area contributed by atoms with Gasteiger partial charge in [0.15, 0.2) is 18.0 Å². The summed E-state index contributed by atoms with van der Waals surface area (Å²) < 4.78 is 51.3. The zero-order valence-corrected chi connectivity index (χ0v) is 32.2. The zero-order valence-electron chi connectivity index (χ0n) is 31.3. The maximum absolute atomic E-state index is 14.7. The van der Waals surface area contributed by atoms with Crippen LogP contribution < -0.4 is 15.3 Å². The molecule has 2 aliphatic carbocycles. The maximum Gasteiger partial charge on any atom is 0.459 e. The number of nitrogens with two attached hydrogens (primary N) is 1. The summed E-state index contributed by atoms with van der Waals surface area (Å²) in [6.07, 6.45) is 2.79. The maximum atomic E-state index is 14.7. The molecule has 2 aromatic heterocycles. The zero-order chi connectivity index (χ0) is 39.1. The number of nitrogen functional groups attached to an aromatic ring is 1. The minimum absolute atomic E-state index is 0.0863. The molecule has 1 spiro atoms. The minimum atomic E-state index is -4.49. The van der Waals surface area contributed by atoms with Crippen LogP contribution in [-0.4, -0.2) is 69.6 Å².